The van der Waals surface area contributed by atoms with E-state index in [4.69, 9.17) is 16.3 Å². The molecular weight excluding hydrogens is 528 g/mol. The molecule has 3 aromatic rings. The van der Waals surface area contributed by atoms with Gasteiger partial charge < -0.3 is 15.0 Å². The predicted octanol–water partition coefficient (Wildman–Crippen LogP) is 6.04. The third-order valence-corrected chi connectivity index (χ3v) is 5.93. The topological polar surface area (TPSA) is 58.6 Å². The second kappa shape index (κ2) is 12.2. The van der Waals surface area contributed by atoms with E-state index in [0.29, 0.717) is 17.2 Å². The number of benzene rings is 3. The van der Waals surface area contributed by atoms with Crippen molar-refractivity contribution in [2.45, 2.75) is 45.3 Å². The van der Waals surface area contributed by atoms with Crippen LogP contribution in [0.15, 0.2) is 83.3 Å². The second-order valence-electron chi connectivity index (χ2n) is 9.34. The molecule has 1 N–H and O–H groups in total. The Hall–Kier alpha value is -2.83. The van der Waals surface area contributed by atoms with Gasteiger partial charge in [-0.2, -0.15) is 0 Å². The lowest BCUT2D eigenvalue weighted by molar-refractivity contribution is -0.143. The fourth-order valence-electron chi connectivity index (χ4n) is 3.60. The molecule has 0 unspecified atom stereocenters. The van der Waals surface area contributed by atoms with Gasteiger partial charge in [-0.1, -0.05) is 70.0 Å². The Morgan fingerprint density at radius 2 is 1.63 bits per heavy atom. The number of hydrogen-bond acceptors (Lipinski definition) is 3. The van der Waals surface area contributed by atoms with E-state index < -0.39 is 11.6 Å². The number of rotatable bonds is 9. The molecule has 2 amide bonds. The summed E-state index contributed by atoms with van der Waals surface area (Å²) in [4.78, 5) is 28.7. The molecule has 0 aliphatic carbocycles. The SMILES string of the molecule is CC(C)(C)NC(=O)[C@H](Cc1ccccc1)N(Cc1cccc(Br)c1)C(=O)COc1ccc(Cl)cc1. The van der Waals surface area contributed by atoms with E-state index in [2.05, 4.69) is 21.2 Å². The van der Waals surface area contributed by atoms with Crippen LogP contribution in [-0.4, -0.2) is 34.9 Å². The second-order valence-corrected chi connectivity index (χ2v) is 10.7. The first-order chi connectivity index (χ1) is 16.6. The summed E-state index contributed by atoms with van der Waals surface area (Å²) in [7, 11) is 0. The largest absolute Gasteiger partial charge is 0.484 e. The molecule has 184 valence electrons. The van der Waals surface area contributed by atoms with Gasteiger partial charge in [-0.15, -0.1) is 0 Å². The van der Waals surface area contributed by atoms with Crippen molar-refractivity contribution in [1.82, 2.24) is 10.2 Å². The maximum absolute atomic E-state index is 13.6. The Balaban J connectivity index is 1.92. The van der Waals surface area contributed by atoms with Crippen LogP contribution in [0.5, 0.6) is 5.75 Å². The van der Waals surface area contributed by atoms with Crippen LogP contribution in [0.1, 0.15) is 31.9 Å². The van der Waals surface area contributed by atoms with Gasteiger partial charge in [0.2, 0.25) is 5.91 Å². The van der Waals surface area contributed by atoms with Crippen LogP contribution < -0.4 is 10.1 Å². The van der Waals surface area contributed by atoms with E-state index in [1.165, 1.54) is 0 Å². The molecule has 0 aliphatic rings. The van der Waals surface area contributed by atoms with E-state index in [1.54, 1.807) is 29.2 Å². The minimum absolute atomic E-state index is 0.205. The van der Waals surface area contributed by atoms with E-state index in [1.807, 2.05) is 75.4 Å². The maximum Gasteiger partial charge on any atom is 0.261 e. The molecule has 3 aromatic carbocycles. The number of ether oxygens (including phenoxy) is 1. The van der Waals surface area contributed by atoms with Crippen LogP contribution in [-0.2, 0) is 22.6 Å². The van der Waals surface area contributed by atoms with Gasteiger partial charge in [0.25, 0.3) is 5.91 Å². The van der Waals surface area contributed by atoms with Crippen molar-refractivity contribution in [3.8, 4) is 5.75 Å². The zero-order chi connectivity index (χ0) is 25.4. The molecule has 0 saturated carbocycles. The summed E-state index contributed by atoms with van der Waals surface area (Å²) in [6.45, 7) is 5.83. The lowest BCUT2D eigenvalue weighted by Gasteiger charge is -2.33. The van der Waals surface area contributed by atoms with Crippen LogP contribution in [0.2, 0.25) is 5.02 Å². The third kappa shape index (κ3) is 8.71. The number of nitrogens with one attached hydrogen (secondary N) is 1. The predicted molar refractivity (Wildman–Crippen MR) is 143 cm³/mol. The van der Waals surface area contributed by atoms with Crippen molar-refractivity contribution < 1.29 is 14.3 Å². The molecule has 0 bridgehead atoms. The molecule has 0 saturated heterocycles. The van der Waals surface area contributed by atoms with Crippen molar-refractivity contribution in [1.29, 1.82) is 0 Å². The van der Waals surface area contributed by atoms with E-state index >= 15 is 0 Å². The Morgan fingerprint density at radius 3 is 2.26 bits per heavy atom. The Kier molecular flexibility index (Phi) is 9.35. The van der Waals surface area contributed by atoms with Gasteiger partial charge in [0, 0.05) is 28.0 Å². The molecular formula is C28H30BrClN2O3. The van der Waals surface area contributed by atoms with Gasteiger partial charge in [0.05, 0.1) is 0 Å². The quantitative estimate of drug-likeness (QED) is 0.349. The fourth-order valence-corrected chi connectivity index (χ4v) is 4.17. The number of amides is 2. The molecule has 0 radical (unpaired) electrons. The number of nitrogens with zero attached hydrogens (tertiary/aromatic N) is 1. The van der Waals surface area contributed by atoms with Crippen molar-refractivity contribution >= 4 is 39.3 Å². The summed E-state index contributed by atoms with van der Waals surface area (Å²) in [6, 6.07) is 23.5. The molecule has 0 aromatic heterocycles. The van der Waals surface area contributed by atoms with Gasteiger partial charge in [0.15, 0.2) is 6.61 Å². The number of carbonyl (C=O) groups is 2. The Morgan fingerprint density at radius 1 is 0.971 bits per heavy atom. The number of halogens is 2. The van der Waals surface area contributed by atoms with Crippen LogP contribution in [0, 0.1) is 0 Å². The third-order valence-electron chi connectivity index (χ3n) is 5.19. The first-order valence-electron chi connectivity index (χ1n) is 11.4. The van der Waals surface area contributed by atoms with Crippen LogP contribution in [0.3, 0.4) is 0 Å². The summed E-state index contributed by atoms with van der Waals surface area (Å²) in [5.41, 5.74) is 1.42. The van der Waals surface area contributed by atoms with Crippen molar-refractivity contribution in [2.75, 3.05) is 6.61 Å². The molecule has 0 fully saturated rings. The van der Waals surface area contributed by atoms with Crippen molar-refractivity contribution in [2.24, 2.45) is 0 Å². The van der Waals surface area contributed by atoms with Gasteiger partial charge in [-0.3, -0.25) is 9.59 Å². The highest BCUT2D eigenvalue weighted by Crippen LogP contribution is 2.20. The van der Waals surface area contributed by atoms with E-state index in [0.717, 1.165) is 15.6 Å². The average Bonchev–Trinajstić information content (AvgIpc) is 2.80. The van der Waals surface area contributed by atoms with Crippen LogP contribution >= 0.6 is 27.5 Å². The Bertz CT molecular complexity index is 1130. The molecule has 0 heterocycles. The first kappa shape index (κ1) is 26.8. The lowest BCUT2D eigenvalue weighted by atomic mass is 10.0. The van der Waals surface area contributed by atoms with E-state index in [9.17, 15) is 9.59 Å². The fraction of sp³-hybridized carbons (Fsp3) is 0.286. The first-order valence-corrected chi connectivity index (χ1v) is 12.6. The summed E-state index contributed by atoms with van der Waals surface area (Å²) in [5.74, 6) is 0.0324. The normalized spacial score (nSPS) is 12.0. The summed E-state index contributed by atoms with van der Waals surface area (Å²) < 4.78 is 6.66. The molecule has 1 atom stereocenters. The molecule has 0 spiro atoms. The van der Waals surface area contributed by atoms with Crippen LogP contribution in [0.4, 0.5) is 0 Å². The monoisotopic (exact) mass is 556 g/mol. The Labute approximate surface area is 220 Å². The van der Waals surface area contributed by atoms with Crippen molar-refractivity contribution in [3.05, 3.63) is 99.5 Å². The highest BCUT2D eigenvalue weighted by atomic mass is 79.9. The zero-order valence-corrected chi connectivity index (χ0v) is 22.5. The highest BCUT2D eigenvalue weighted by Gasteiger charge is 2.32. The van der Waals surface area contributed by atoms with Gasteiger partial charge in [0.1, 0.15) is 11.8 Å². The molecule has 3 rings (SSSR count). The standard InChI is InChI=1S/C28H30BrClN2O3/c1-28(2,3)31-27(34)25(17-20-8-5-4-6-9-20)32(18-21-10-7-11-22(29)16-21)26(33)19-35-24-14-12-23(30)13-15-24/h4-16,25H,17-19H2,1-3H3,(H,31,34)/t25-/m0/s1. The average molecular weight is 558 g/mol. The number of carbonyl (C=O) groups excluding carboxylic acids is 2. The zero-order valence-electron chi connectivity index (χ0n) is 20.1. The van der Waals surface area contributed by atoms with Crippen molar-refractivity contribution in [3.63, 3.8) is 0 Å². The molecule has 5 nitrogen and oxygen atoms in total. The molecule has 7 heteroatoms. The molecule has 35 heavy (non-hydrogen) atoms. The summed E-state index contributed by atoms with van der Waals surface area (Å²) >= 11 is 9.45. The van der Waals surface area contributed by atoms with Gasteiger partial charge in [-0.05, 0) is 68.3 Å². The maximum atomic E-state index is 13.6. The summed E-state index contributed by atoms with van der Waals surface area (Å²) in [6.07, 6.45) is 0.378. The minimum atomic E-state index is -0.725. The van der Waals surface area contributed by atoms with Gasteiger partial charge in [-0.25, -0.2) is 0 Å². The minimum Gasteiger partial charge on any atom is -0.484 e. The van der Waals surface area contributed by atoms with Crippen LogP contribution in [0.25, 0.3) is 0 Å². The van der Waals surface area contributed by atoms with E-state index in [-0.39, 0.29) is 25.0 Å². The lowest BCUT2D eigenvalue weighted by Crippen LogP contribution is -2.55. The summed E-state index contributed by atoms with van der Waals surface area (Å²) in [5, 5.41) is 3.64. The molecule has 0 aliphatic heterocycles. The highest BCUT2D eigenvalue weighted by molar-refractivity contribution is 9.10. The smallest absolute Gasteiger partial charge is 0.261 e. The van der Waals surface area contributed by atoms with Gasteiger partial charge >= 0.3 is 0 Å². The number of hydrogen-bond donors (Lipinski definition) is 1.